The van der Waals surface area contributed by atoms with Gasteiger partial charge in [-0.3, -0.25) is 4.79 Å². The maximum Gasteiger partial charge on any atom is 0.253 e. The number of thiazole rings is 1. The maximum absolute atomic E-state index is 12.2. The van der Waals surface area contributed by atoms with Gasteiger partial charge in [-0.15, -0.1) is 11.3 Å². The number of aryl methyl sites for hydroxylation is 3. The molecular weight excluding hydrogens is 336 g/mol. The van der Waals surface area contributed by atoms with E-state index in [2.05, 4.69) is 31.0 Å². The lowest BCUT2D eigenvalue weighted by Crippen LogP contribution is -2.13. The number of hydrogen-bond acceptors (Lipinski definition) is 3. The Labute approximate surface area is 141 Å². The van der Waals surface area contributed by atoms with E-state index in [1.807, 2.05) is 17.7 Å². The topological polar surface area (TPSA) is 34.4 Å². The van der Waals surface area contributed by atoms with Crippen molar-refractivity contribution < 1.29 is 4.79 Å². The molecule has 0 unspecified atom stereocenters. The molecule has 6 heteroatoms. The second-order valence-electron chi connectivity index (χ2n) is 5.26. The van der Waals surface area contributed by atoms with Crippen molar-refractivity contribution in [1.29, 1.82) is 0 Å². The van der Waals surface area contributed by atoms with Gasteiger partial charge in [0.2, 0.25) is 0 Å². The van der Waals surface area contributed by atoms with Gasteiger partial charge in [-0.1, -0.05) is 29.0 Å². The first-order chi connectivity index (χ1) is 10.4. The predicted molar refractivity (Wildman–Crippen MR) is 93.9 cm³/mol. The van der Waals surface area contributed by atoms with Crippen LogP contribution in [0, 0.1) is 13.8 Å². The fourth-order valence-electron chi connectivity index (χ4n) is 2.42. The third kappa shape index (κ3) is 3.02. The summed E-state index contributed by atoms with van der Waals surface area (Å²) in [6.45, 7) is 4.16. The molecule has 0 radical (unpaired) electrons. The second-order valence-corrected chi connectivity index (χ2v) is 8.04. The molecule has 0 saturated carbocycles. The summed E-state index contributed by atoms with van der Waals surface area (Å²) in [5.41, 5.74) is 3.55. The number of hydrogen-bond donors (Lipinski definition) is 0. The number of amides is 1. The fraction of sp³-hybridized carbons (Fsp3) is 0.250. The Morgan fingerprint density at radius 1 is 1.27 bits per heavy atom. The second kappa shape index (κ2) is 5.99. The highest BCUT2D eigenvalue weighted by Gasteiger charge is 2.09. The van der Waals surface area contributed by atoms with E-state index in [4.69, 9.17) is 11.6 Å². The van der Waals surface area contributed by atoms with Crippen LogP contribution in [0.15, 0.2) is 29.3 Å². The van der Waals surface area contributed by atoms with Gasteiger partial charge in [-0.2, -0.15) is 4.99 Å². The molecule has 1 amide bonds. The molecule has 3 aromatic rings. The Bertz CT molecular complexity index is 933. The van der Waals surface area contributed by atoms with Gasteiger partial charge >= 0.3 is 0 Å². The van der Waals surface area contributed by atoms with Gasteiger partial charge in [0, 0.05) is 11.9 Å². The van der Waals surface area contributed by atoms with Crippen LogP contribution in [0.5, 0.6) is 0 Å². The van der Waals surface area contributed by atoms with Crippen LogP contribution in [-0.2, 0) is 18.3 Å². The molecule has 0 aliphatic heterocycles. The van der Waals surface area contributed by atoms with Crippen molar-refractivity contribution in [3.05, 3.63) is 49.4 Å². The Balaban J connectivity index is 2.00. The highest BCUT2D eigenvalue weighted by molar-refractivity contribution is 7.16. The Hall–Kier alpha value is -1.43. The number of aromatic nitrogens is 1. The number of carbonyl (C=O) groups is 1. The predicted octanol–water partition coefficient (Wildman–Crippen LogP) is 4.24. The van der Waals surface area contributed by atoms with Crippen LogP contribution < -0.4 is 4.80 Å². The van der Waals surface area contributed by atoms with Crippen LogP contribution in [0.4, 0.5) is 0 Å². The van der Waals surface area contributed by atoms with Gasteiger partial charge in [-0.25, -0.2) is 0 Å². The van der Waals surface area contributed by atoms with Crippen LogP contribution in [0.25, 0.3) is 10.2 Å². The lowest BCUT2D eigenvalue weighted by Gasteiger charge is -2.00. The standard InChI is InChI=1S/C16H15ClN2OS2/c1-9-6-10(2)15-12(7-9)19(3)16(22-15)18-14(20)8-11-4-5-13(17)21-11/h4-7H,8H2,1-3H3. The monoisotopic (exact) mass is 350 g/mol. The first-order valence-corrected chi connectivity index (χ1v) is 8.83. The Morgan fingerprint density at radius 3 is 2.73 bits per heavy atom. The molecular formula is C16H15ClN2OS2. The summed E-state index contributed by atoms with van der Waals surface area (Å²) >= 11 is 8.87. The van der Waals surface area contributed by atoms with Crippen LogP contribution in [0.3, 0.4) is 0 Å². The van der Waals surface area contributed by atoms with Crippen molar-refractivity contribution in [2.24, 2.45) is 12.0 Å². The van der Waals surface area contributed by atoms with E-state index in [1.54, 1.807) is 17.4 Å². The molecule has 0 aliphatic carbocycles. The van der Waals surface area contributed by atoms with E-state index in [9.17, 15) is 4.79 Å². The van der Waals surface area contributed by atoms with Crippen molar-refractivity contribution in [3.63, 3.8) is 0 Å². The minimum atomic E-state index is -0.143. The molecule has 0 bridgehead atoms. The number of fused-ring (bicyclic) bond motifs is 1. The van der Waals surface area contributed by atoms with E-state index in [1.165, 1.54) is 27.2 Å². The lowest BCUT2D eigenvalue weighted by molar-refractivity contribution is -0.117. The van der Waals surface area contributed by atoms with E-state index in [0.29, 0.717) is 10.8 Å². The van der Waals surface area contributed by atoms with Crippen LogP contribution in [0.2, 0.25) is 4.34 Å². The molecule has 2 heterocycles. The van der Waals surface area contributed by atoms with Crippen LogP contribution in [-0.4, -0.2) is 10.5 Å². The molecule has 0 fully saturated rings. The zero-order valence-corrected chi connectivity index (χ0v) is 14.9. The molecule has 22 heavy (non-hydrogen) atoms. The van der Waals surface area contributed by atoms with Gasteiger partial charge < -0.3 is 4.57 Å². The summed E-state index contributed by atoms with van der Waals surface area (Å²) in [7, 11) is 1.95. The van der Waals surface area contributed by atoms with Crippen molar-refractivity contribution in [1.82, 2.24) is 4.57 Å². The summed E-state index contributed by atoms with van der Waals surface area (Å²) in [6, 6.07) is 7.96. The molecule has 1 aromatic carbocycles. The summed E-state index contributed by atoms with van der Waals surface area (Å²) < 4.78 is 3.86. The number of benzene rings is 1. The molecule has 3 rings (SSSR count). The van der Waals surface area contributed by atoms with Crippen molar-refractivity contribution in [3.8, 4) is 0 Å². The molecule has 2 aromatic heterocycles. The average molecular weight is 351 g/mol. The highest BCUT2D eigenvalue weighted by Crippen LogP contribution is 2.23. The van der Waals surface area contributed by atoms with Crippen LogP contribution >= 0.6 is 34.3 Å². The van der Waals surface area contributed by atoms with E-state index in [-0.39, 0.29) is 5.91 Å². The molecule has 114 valence electrons. The van der Waals surface area contributed by atoms with Crippen molar-refractivity contribution in [2.75, 3.05) is 0 Å². The Kier molecular flexibility index (Phi) is 4.21. The van der Waals surface area contributed by atoms with Gasteiger partial charge in [0.1, 0.15) is 0 Å². The fourth-order valence-corrected chi connectivity index (χ4v) is 4.58. The molecule has 0 atom stereocenters. The van der Waals surface area contributed by atoms with E-state index >= 15 is 0 Å². The summed E-state index contributed by atoms with van der Waals surface area (Å²) in [6.07, 6.45) is 0.295. The minimum Gasteiger partial charge on any atom is -0.319 e. The Morgan fingerprint density at radius 2 is 2.05 bits per heavy atom. The highest BCUT2D eigenvalue weighted by atomic mass is 35.5. The third-order valence-corrected chi connectivity index (χ3v) is 5.93. The number of halogens is 1. The summed E-state index contributed by atoms with van der Waals surface area (Å²) in [5, 5.41) is 0. The average Bonchev–Trinajstić information content (AvgIpc) is 2.96. The largest absolute Gasteiger partial charge is 0.319 e. The van der Waals surface area contributed by atoms with Gasteiger partial charge in [0.05, 0.1) is 21.0 Å². The normalized spacial score (nSPS) is 12.3. The first-order valence-electron chi connectivity index (χ1n) is 6.82. The summed E-state index contributed by atoms with van der Waals surface area (Å²) in [4.78, 5) is 18.1. The van der Waals surface area contributed by atoms with Gasteiger partial charge in [0.25, 0.3) is 5.91 Å². The smallest absolute Gasteiger partial charge is 0.253 e. The molecule has 0 spiro atoms. The zero-order chi connectivity index (χ0) is 15.9. The molecule has 3 nitrogen and oxygen atoms in total. The molecule has 0 aliphatic rings. The number of carbonyl (C=O) groups excluding carboxylic acids is 1. The van der Waals surface area contributed by atoms with Gasteiger partial charge in [-0.05, 0) is 43.2 Å². The molecule has 0 N–H and O–H groups in total. The quantitative estimate of drug-likeness (QED) is 0.680. The first kappa shape index (κ1) is 15.5. The van der Waals surface area contributed by atoms with Crippen molar-refractivity contribution in [2.45, 2.75) is 20.3 Å². The van der Waals surface area contributed by atoms with E-state index < -0.39 is 0 Å². The number of rotatable bonds is 2. The SMILES string of the molecule is Cc1cc(C)c2sc(=NC(=O)Cc3ccc(Cl)s3)n(C)c2c1. The number of thiophene rings is 1. The third-order valence-electron chi connectivity index (χ3n) is 3.42. The van der Waals surface area contributed by atoms with Gasteiger partial charge in [0.15, 0.2) is 4.80 Å². The maximum atomic E-state index is 12.2. The zero-order valence-electron chi connectivity index (χ0n) is 12.5. The van der Waals surface area contributed by atoms with Crippen molar-refractivity contribution >= 4 is 50.4 Å². The molecule has 0 saturated heterocycles. The van der Waals surface area contributed by atoms with Crippen LogP contribution in [0.1, 0.15) is 16.0 Å². The summed E-state index contributed by atoms with van der Waals surface area (Å²) in [5.74, 6) is -0.143. The minimum absolute atomic E-state index is 0.143. The number of nitrogens with zero attached hydrogens (tertiary/aromatic N) is 2. The van der Waals surface area contributed by atoms with E-state index in [0.717, 1.165) is 15.2 Å². The lowest BCUT2D eigenvalue weighted by atomic mass is 10.1.